The number of urea groups is 1. The third kappa shape index (κ3) is 3.85. The van der Waals surface area contributed by atoms with E-state index >= 15 is 0 Å². The number of primary amides is 1. The van der Waals surface area contributed by atoms with Crippen molar-refractivity contribution in [3.63, 3.8) is 0 Å². The van der Waals surface area contributed by atoms with Crippen molar-refractivity contribution in [2.45, 2.75) is 6.92 Å². The number of carbonyl (C=O) groups excluding carboxylic acids is 2. The number of hydrogen-bond donors (Lipinski definition) is 4. The van der Waals surface area contributed by atoms with Crippen molar-refractivity contribution in [3.8, 4) is 0 Å². The van der Waals surface area contributed by atoms with Crippen LogP contribution < -0.4 is 16.6 Å². The SMILES string of the molecule is C/N=C(\C(C)=N\NC(N)=O)c1ccnc(C(=O)NO)c1. The molecule has 20 heavy (non-hydrogen) atoms. The van der Waals surface area contributed by atoms with Gasteiger partial charge in [-0.15, -0.1) is 0 Å². The van der Waals surface area contributed by atoms with E-state index in [0.717, 1.165) is 0 Å². The van der Waals surface area contributed by atoms with Crippen molar-refractivity contribution in [2.24, 2.45) is 15.8 Å². The number of hydroxylamine groups is 1. The molecule has 0 spiro atoms. The van der Waals surface area contributed by atoms with Crippen molar-refractivity contribution >= 4 is 23.4 Å². The Morgan fingerprint density at radius 2 is 2.15 bits per heavy atom. The number of aromatic nitrogens is 1. The molecule has 0 aliphatic rings. The summed E-state index contributed by atoms with van der Waals surface area (Å²) >= 11 is 0. The summed E-state index contributed by atoms with van der Waals surface area (Å²) in [7, 11) is 1.53. The zero-order valence-electron chi connectivity index (χ0n) is 10.9. The molecular weight excluding hydrogens is 264 g/mol. The van der Waals surface area contributed by atoms with Crippen LogP contribution in [0.1, 0.15) is 23.0 Å². The standard InChI is InChI=1S/C11H14N6O3/c1-6(15-16-11(12)19)9(13-2)7-3-4-14-8(5-7)10(18)17-20/h3-5,20H,1-2H3,(H,17,18)(H3,12,16,19)/b13-9+,15-6+. The predicted molar refractivity (Wildman–Crippen MR) is 71.8 cm³/mol. The van der Waals surface area contributed by atoms with Crippen LogP contribution in [0.2, 0.25) is 0 Å². The summed E-state index contributed by atoms with van der Waals surface area (Å²) in [6, 6.07) is 2.24. The number of nitrogens with two attached hydrogens (primary N) is 1. The molecule has 0 aliphatic carbocycles. The van der Waals surface area contributed by atoms with E-state index in [2.05, 4.69) is 20.5 Å². The zero-order valence-corrected chi connectivity index (χ0v) is 10.9. The summed E-state index contributed by atoms with van der Waals surface area (Å²) in [6.45, 7) is 1.62. The van der Waals surface area contributed by atoms with E-state index < -0.39 is 11.9 Å². The topological polar surface area (TPSA) is 142 Å². The molecule has 3 amide bonds. The summed E-state index contributed by atoms with van der Waals surface area (Å²) in [5.74, 6) is -0.743. The Kier molecular flexibility index (Phi) is 5.30. The number of nitrogens with one attached hydrogen (secondary N) is 2. The minimum atomic E-state index is -0.796. The molecule has 106 valence electrons. The summed E-state index contributed by atoms with van der Waals surface area (Å²) in [6.07, 6.45) is 1.39. The van der Waals surface area contributed by atoms with Gasteiger partial charge in [0, 0.05) is 18.8 Å². The van der Waals surface area contributed by atoms with Gasteiger partial charge in [0.15, 0.2) is 0 Å². The maximum atomic E-state index is 11.3. The fourth-order valence-electron chi connectivity index (χ4n) is 1.45. The summed E-state index contributed by atoms with van der Waals surface area (Å²) in [5, 5.41) is 12.3. The van der Waals surface area contributed by atoms with Gasteiger partial charge < -0.3 is 5.73 Å². The van der Waals surface area contributed by atoms with Gasteiger partial charge >= 0.3 is 6.03 Å². The number of carbonyl (C=O) groups is 2. The molecule has 0 atom stereocenters. The Bertz CT molecular complexity index is 581. The molecule has 1 aromatic rings. The van der Waals surface area contributed by atoms with Gasteiger partial charge in [-0.25, -0.2) is 15.7 Å². The molecule has 0 aliphatic heterocycles. The van der Waals surface area contributed by atoms with Crippen molar-refractivity contribution in [2.75, 3.05) is 7.05 Å². The second kappa shape index (κ2) is 6.95. The quantitative estimate of drug-likeness (QED) is 0.339. The van der Waals surface area contributed by atoms with Gasteiger partial charge in [-0.1, -0.05) is 0 Å². The number of amides is 3. The molecular formula is C11H14N6O3. The van der Waals surface area contributed by atoms with Crippen molar-refractivity contribution in [1.29, 1.82) is 0 Å². The largest absolute Gasteiger partial charge is 0.350 e. The van der Waals surface area contributed by atoms with Crippen LogP contribution in [0.25, 0.3) is 0 Å². The number of pyridine rings is 1. The Labute approximate surface area is 114 Å². The first-order chi connectivity index (χ1) is 9.49. The summed E-state index contributed by atoms with van der Waals surface area (Å²) in [4.78, 5) is 29.7. The van der Waals surface area contributed by atoms with E-state index in [1.54, 1.807) is 13.0 Å². The maximum absolute atomic E-state index is 11.3. The van der Waals surface area contributed by atoms with Crippen molar-refractivity contribution < 1.29 is 14.8 Å². The lowest BCUT2D eigenvalue weighted by atomic mass is 10.1. The molecule has 9 heteroatoms. The monoisotopic (exact) mass is 278 g/mol. The van der Waals surface area contributed by atoms with Crippen molar-refractivity contribution in [3.05, 3.63) is 29.6 Å². The van der Waals surface area contributed by atoms with E-state index in [1.165, 1.54) is 24.8 Å². The van der Waals surface area contributed by atoms with Crippen LogP contribution in [0.5, 0.6) is 0 Å². The van der Waals surface area contributed by atoms with Gasteiger partial charge in [-0.3, -0.25) is 20.0 Å². The molecule has 1 aromatic heterocycles. The Morgan fingerprint density at radius 3 is 2.70 bits per heavy atom. The fourth-order valence-corrected chi connectivity index (χ4v) is 1.45. The van der Waals surface area contributed by atoms with E-state index in [1.807, 2.05) is 0 Å². The van der Waals surface area contributed by atoms with Gasteiger partial charge in [0.05, 0.1) is 11.4 Å². The van der Waals surface area contributed by atoms with Crippen LogP contribution in [0.3, 0.4) is 0 Å². The van der Waals surface area contributed by atoms with Gasteiger partial charge in [-0.2, -0.15) is 5.10 Å². The summed E-state index contributed by atoms with van der Waals surface area (Å²) in [5.41, 5.74) is 9.89. The Balaban J connectivity index is 3.11. The molecule has 0 fully saturated rings. The third-order valence-electron chi connectivity index (χ3n) is 2.27. The number of aliphatic imine (C=N–C) groups is 1. The van der Waals surface area contributed by atoms with E-state index in [9.17, 15) is 9.59 Å². The first-order valence-electron chi connectivity index (χ1n) is 5.47. The second-order valence-corrected chi connectivity index (χ2v) is 3.62. The molecule has 5 N–H and O–H groups in total. The van der Waals surface area contributed by atoms with Crippen LogP contribution in [-0.4, -0.2) is 40.6 Å². The first-order valence-corrected chi connectivity index (χ1v) is 5.47. The number of hydrogen-bond acceptors (Lipinski definition) is 6. The molecule has 0 saturated carbocycles. The predicted octanol–water partition coefficient (Wildman–Crippen LogP) is -0.336. The number of hydrazone groups is 1. The first kappa shape index (κ1) is 15.2. The van der Waals surface area contributed by atoms with E-state index in [4.69, 9.17) is 10.9 Å². The third-order valence-corrected chi connectivity index (χ3v) is 2.27. The number of rotatable bonds is 4. The minimum absolute atomic E-state index is 0.0156. The Morgan fingerprint density at radius 1 is 1.45 bits per heavy atom. The molecule has 9 nitrogen and oxygen atoms in total. The van der Waals surface area contributed by atoms with Gasteiger partial charge in [0.25, 0.3) is 5.91 Å². The minimum Gasteiger partial charge on any atom is -0.350 e. The van der Waals surface area contributed by atoms with Crippen LogP contribution in [0.15, 0.2) is 28.4 Å². The fraction of sp³-hybridized carbons (Fsp3) is 0.182. The average molecular weight is 278 g/mol. The molecule has 0 bridgehead atoms. The highest BCUT2D eigenvalue weighted by atomic mass is 16.5. The van der Waals surface area contributed by atoms with Crippen LogP contribution in [0.4, 0.5) is 4.79 Å². The normalized spacial score (nSPS) is 11.9. The van der Waals surface area contributed by atoms with Crippen LogP contribution in [0, 0.1) is 0 Å². The highest BCUT2D eigenvalue weighted by Crippen LogP contribution is 2.05. The lowest BCUT2D eigenvalue weighted by Crippen LogP contribution is -2.27. The molecule has 0 saturated heterocycles. The zero-order chi connectivity index (χ0) is 15.1. The number of nitrogens with zero attached hydrogens (tertiary/aromatic N) is 3. The maximum Gasteiger partial charge on any atom is 0.332 e. The molecule has 1 rings (SSSR count). The highest BCUT2D eigenvalue weighted by molar-refractivity contribution is 6.47. The summed E-state index contributed by atoms with van der Waals surface area (Å²) < 4.78 is 0. The van der Waals surface area contributed by atoms with Crippen LogP contribution >= 0.6 is 0 Å². The van der Waals surface area contributed by atoms with Crippen molar-refractivity contribution in [1.82, 2.24) is 15.9 Å². The highest BCUT2D eigenvalue weighted by Gasteiger charge is 2.12. The molecule has 0 aromatic carbocycles. The lowest BCUT2D eigenvalue weighted by molar-refractivity contribution is 0.0700. The average Bonchev–Trinajstić information content (AvgIpc) is 2.45. The smallest absolute Gasteiger partial charge is 0.332 e. The molecule has 0 radical (unpaired) electrons. The van der Waals surface area contributed by atoms with Crippen LogP contribution in [-0.2, 0) is 0 Å². The van der Waals surface area contributed by atoms with E-state index in [0.29, 0.717) is 17.0 Å². The molecule has 0 unspecified atom stereocenters. The van der Waals surface area contributed by atoms with Gasteiger partial charge in [0.1, 0.15) is 5.69 Å². The Hall–Kier alpha value is -2.81. The second-order valence-electron chi connectivity index (χ2n) is 3.62. The van der Waals surface area contributed by atoms with Gasteiger partial charge in [0.2, 0.25) is 0 Å². The lowest BCUT2D eigenvalue weighted by Gasteiger charge is -2.07. The van der Waals surface area contributed by atoms with E-state index in [-0.39, 0.29) is 5.69 Å². The molecule has 1 heterocycles. The van der Waals surface area contributed by atoms with Gasteiger partial charge in [-0.05, 0) is 19.1 Å².